The van der Waals surface area contributed by atoms with E-state index in [2.05, 4.69) is 0 Å². The first-order chi connectivity index (χ1) is 16.0. The van der Waals surface area contributed by atoms with Gasteiger partial charge in [-0.25, -0.2) is 0 Å². The lowest BCUT2D eigenvalue weighted by Gasteiger charge is -2.19. The van der Waals surface area contributed by atoms with Gasteiger partial charge in [0.25, 0.3) is 0 Å². The predicted octanol–water partition coefficient (Wildman–Crippen LogP) is 3.18. The average Bonchev–Trinajstić information content (AvgIpc) is 3.59. The molecular formula is C26H24N2O5. The van der Waals surface area contributed by atoms with E-state index in [4.69, 9.17) is 4.74 Å². The van der Waals surface area contributed by atoms with Crippen LogP contribution in [0, 0.1) is 29.6 Å². The van der Waals surface area contributed by atoms with Crippen molar-refractivity contribution in [2.75, 3.05) is 16.3 Å². The molecule has 0 spiro atoms. The summed E-state index contributed by atoms with van der Waals surface area (Å²) in [5.41, 5.74) is 1.28. The minimum absolute atomic E-state index is 0.0904. The Bertz CT molecular complexity index is 1120. The zero-order valence-electron chi connectivity index (χ0n) is 18.1. The van der Waals surface area contributed by atoms with Gasteiger partial charge in [-0.3, -0.25) is 24.1 Å². The molecule has 7 heteroatoms. The molecule has 2 aromatic rings. The molecule has 2 aromatic carbocycles. The molecule has 4 aliphatic rings. The highest BCUT2D eigenvalue weighted by atomic mass is 16.5. The summed E-state index contributed by atoms with van der Waals surface area (Å²) in [4.78, 5) is 53.9. The Balaban J connectivity index is 1.13. The number of fused-ring (bicyclic) bond motifs is 5. The first kappa shape index (κ1) is 20.1. The quantitative estimate of drug-likeness (QED) is 0.411. The Kier molecular flexibility index (Phi) is 4.60. The van der Waals surface area contributed by atoms with Gasteiger partial charge in [0.2, 0.25) is 17.7 Å². The number of hydrogen-bond donors (Lipinski definition) is 0. The molecule has 0 N–H and O–H groups in total. The van der Waals surface area contributed by atoms with Crippen LogP contribution in [0.3, 0.4) is 0 Å². The molecule has 2 bridgehead atoms. The van der Waals surface area contributed by atoms with E-state index < -0.39 is 11.9 Å². The van der Waals surface area contributed by atoms with E-state index in [-0.39, 0.29) is 42.5 Å². The summed E-state index contributed by atoms with van der Waals surface area (Å²) in [6.45, 7) is 0.279. The van der Waals surface area contributed by atoms with Crippen LogP contribution in [0.5, 0.6) is 5.75 Å². The van der Waals surface area contributed by atoms with Crippen LogP contribution < -0.4 is 14.5 Å². The molecule has 3 amide bonds. The molecule has 6 rings (SSSR count). The van der Waals surface area contributed by atoms with Crippen molar-refractivity contribution in [1.82, 2.24) is 0 Å². The number of imide groups is 1. The van der Waals surface area contributed by atoms with Gasteiger partial charge in [-0.2, -0.15) is 0 Å². The SMILES string of the molecule is O=C(Oc1ccc(N2C(=O)[C@H]3[C@@H]4CC[C@@H](C4)[C@@H]3C2=O)cc1)[C@@H]1CC(=O)N(c2ccccc2)C1. The highest BCUT2D eigenvalue weighted by molar-refractivity contribution is 6.22. The molecule has 7 nitrogen and oxygen atoms in total. The zero-order valence-corrected chi connectivity index (χ0v) is 18.1. The summed E-state index contributed by atoms with van der Waals surface area (Å²) < 4.78 is 5.51. The molecule has 4 fully saturated rings. The van der Waals surface area contributed by atoms with Crippen LogP contribution in [0.4, 0.5) is 11.4 Å². The minimum atomic E-state index is -0.547. The van der Waals surface area contributed by atoms with Gasteiger partial charge < -0.3 is 9.64 Å². The highest BCUT2D eigenvalue weighted by Gasteiger charge is 2.61. The maximum Gasteiger partial charge on any atom is 0.316 e. The molecule has 0 unspecified atom stereocenters. The number of carbonyl (C=O) groups excluding carboxylic acids is 4. The number of amides is 3. The number of carbonyl (C=O) groups is 4. The molecule has 2 heterocycles. The van der Waals surface area contributed by atoms with Gasteiger partial charge in [0.15, 0.2) is 0 Å². The summed E-state index contributed by atoms with van der Waals surface area (Å²) in [7, 11) is 0. The lowest BCUT2D eigenvalue weighted by Crippen LogP contribution is -2.32. The number of esters is 1. The van der Waals surface area contributed by atoms with Crippen molar-refractivity contribution >= 4 is 35.1 Å². The van der Waals surface area contributed by atoms with Crippen LogP contribution in [0.2, 0.25) is 0 Å². The Morgan fingerprint density at radius 2 is 1.45 bits per heavy atom. The summed E-state index contributed by atoms with van der Waals surface area (Å²) in [5, 5.41) is 0. The van der Waals surface area contributed by atoms with Crippen LogP contribution in [-0.4, -0.2) is 30.2 Å². The van der Waals surface area contributed by atoms with Crippen LogP contribution in [0.25, 0.3) is 0 Å². The topological polar surface area (TPSA) is 84.0 Å². The summed E-state index contributed by atoms with van der Waals surface area (Å²) in [5.74, 6) is -0.625. The first-order valence-corrected chi connectivity index (χ1v) is 11.6. The Labute approximate surface area is 191 Å². The monoisotopic (exact) mass is 444 g/mol. The standard InChI is InChI=1S/C26H24N2O5/c29-21-13-17(14-27(21)18-4-2-1-3-5-18)26(32)33-20-10-8-19(9-11-20)28-24(30)22-15-6-7-16(12-15)23(22)25(28)31/h1-5,8-11,15-17,22-23H,6-7,12-14H2/t15-,16+,17-,22+,23+/m1/s1. The zero-order chi connectivity index (χ0) is 22.7. The van der Waals surface area contributed by atoms with Crippen LogP contribution in [0.15, 0.2) is 54.6 Å². The number of hydrogen-bond acceptors (Lipinski definition) is 5. The van der Waals surface area contributed by atoms with Crippen LogP contribution in [0.1, 0.15) is 25.7 Å². The molecule has 2 aliphatic carbocycles. The maximum absolute atomic E-state index is 13.0. The molecular weight excluding hydrogens is 420 g/mol. The van der Waals surface area contributed by atoms with Gasteiger partial charge in [-0.15, -0.1) is 0 Å². The fourth-order valence-electron chi connectivity index (χ4n) is 6.25. The van der Waals surface area contributed by atoms with Gasteiger partial charge >= 0.3 is 5.97 Å². The van der Waals surface area contributed by atoms with E-state index >= 15 is 0 Å². The molecule has 2 aliphatic heterocycles. The summed E-state index contributed by atoms with van der Waals surface area (Å²) in [6.07, 6.45) is 3.19. The van der Waals surface area contributed by atoms with Crippen molar-refractivity contribution in [3.63, 3.8) is 0 Å². The number of nitrogens with zero attached hydrogens (tertiary/aromatic N) is 2. The number of para-hydroxylation sites is 1. The number of rotatable bonds is 4. The largest absolute Gasteiger partial charge is 0.426 e. The van der Waals surface area contributed by atoms with Crippen molar-refractivity contribution in [2.24, 2.45) is 29.6 Å². The van der Waals surface area contributed by atoms with Gasteiger partial charge in [0.05, 0.1) is 23.4 Å². The van der Waals surface area contributed by atoms with E-state index in [9.17, 15) is 19.2 Å². The number of benzene rings is 2. The molecule has 2 saturated heterocycles. The third-order valence-corrected chi connectivity index (χ3v) is 7.77. The third-order valence-electron chi connectivity index (χ3n) is 7.77. The van der Waals surface area contributed by atoms with Crippen molar-refractivity contribution in [3.05, 3.63) is 54.6 Å². The number of ether oxygens (including phenoxy) is 1. The minimum Gasteiger partial charge on any atom is -0.426 e. The highest BCUT2D eigenvalue weighted by Crippen LogP contribution is 2.56. The Hall–Kier alpha value is -3.48. The fraction of sp³-hybridized carbons (Fsp3) is 0.385. The number of anilines is 2. The Morgan fingerprint density at radius 1 is 0.818 bits per heavy atom. The third kappa shape index (κ3) is 3.17. The lowest BCUT2D eigenvalue weighted by atomic mass is 9.81. The first-order valence-electron chi connectivity index (χ1n) is 11.6. The van der Waals surface area contributed by atoms with Crippen LogP contribution in [-0.2, 0) is 19.2 Å². The van der Waals surface area contributed by atoms with Crippen molar-refractivity contribution in [1.29, 1.82) is 0 Å². The molecule has 33 heavy (non-hydrogen) atoms. The summed E-state index contributed by atoms with van der Waals surface area (Å²) in [6, 6.07) is 15.8. The summed E-state index contributed by atoms with van der Waals surface area (Å²) >= 11 is 0. The van der Waals surface area contributed by atoms with E-state index in [0.29, 0.717) is 23.3 Å². The maximum atomic E-state index is 13.0. The van der Waals surface area contributed by atoms with Crippen molar-refractivity contribution in [3.8, 4) is 5.75 Å². The molecule has 5 atom stereocenters. The molecule has 2 saturated carbocycles. The average molecular weight is 444 g/mol. The predicted molar refractivity (Wildman–Crippen MR) is 119 cm³/mol. The second-order valence-corrected chi connectivity index (χ2v) is 9.55. The fourth-order valence-corrected chi connectivity index (χ4v) is 6.25. The smallest absolute Gasteiger partial charge is 0.316 e. The molecule has 168 valence electrons. The normalized spacial score (nSPS) is 30.3. The van der Waals surface area contributed by atoms with Crippen molar-refractivity contribution in [2.45, 2.75) is 25.7 Å². The second kappa shape index (κ2) is 7.54. The van der Waals surface area contributed by atoms with Gasteiger partial charge in [0.1, 0.15) is 5.75 Å². The lowest BCUT2D eigenvalue weighted by molar-refractivity contribution is -0.139. The van der Waals surface area contributed by atoms with Gasteiger partial charge in [0, 0.05) is 18.7 Å². The van der Waals surface area contributed by atoms with Gasteiger partial charge in [-0.1, -0.05) is 18.2 Å². The van der Waals surface area contributed by atoms with Crippen molar-refractivity contribution < 1.29 is 23.9 Å². The van der Waals surface area contributed by atoms with Crippen LogP contribution >= 0.6 is 0 Å². The molecule has 0 aromatic heterocycles. The second-order valence-electron chi connectivity index (χ2n) is 9.55. The molecule has 0 radical (unpaired) electrons. The van der Waals surface area contributed by atoms with E-state index in [1.807, 2.05) is 30.3 Å². The van der Waals surface area contributed by atoms with E-state index in [1.54, 1.807) is 29.2 Å². The van der Waals surface area contributed by atoms with E-state index in [1.165, 1.54) is 4.90 Å². The van der Waals surface area contributed by atoms with E-state index in [0.717, 1.165) is 24.9 Å². The Morgan fingerprint density at radius 3 is 2.09 bits per heavy atom. The van der Waals surface area contributed by atoms with Gasteiger partial charge in [-0.05, 0) is 67.5 Å².